The maximum atomic E-state index is 10.3. The molecule has 1 aromatic heterocycles. The normalized spacial score (nSPS) is 17.7. The summed E-state index contributed by atoms with van der Waals surface area (Å²) in [7, 11) is 0. The van der Waals surface area contributed by atoms with Gasteiger partial charge in [0.05, 0.1) is 19.3 Å². The van der Waals surface area contributed by atoms with Gasteiger partial charge in [0.15, 0.2) is 0 Å². The molecule has 1 aliphatic carbocycles. The van der Waals surface area contributed by atoms with E-state index in [-0.39, 0.29) is 0 Å². The van der Waals surface area contributed by atoms with Crippen molar-refractivity contribution in [1.82, 2.24) is 5.32 Å². The Morgan fingerprint density at radius 1 is 1.20 bits per heavy atom. The van der Waals surface area contributed by atoms with Gasteiger partial charge in [-0.2, -0.15) is 0 Å². The first kappa shape index (κ1) is 18.6. The fourth-order valence-electron chi connectivity index (χ4n) is 3.58. The quantitative estimate of drug-likeness (QED) is 0.695. The van der Waals surface area contributed by atoms with E-state index < -0.39 is 6.10 Å². The Hall–Kier alpha value is -1.20. The molecule has 4 heteroatoms. The summed E-state index contributed by atoms with van der Waals surface area (Å²) in [6.07, 6.45) is 4.76. The van der Waals surface area contributed by atoms with Gasteiger partial charge in [0.25, 0.3) is 0 Å². The van der Waals surface area contributed by atoms with Crippen LogP contribution in [0.1, 0.15) is 47.7 Å². The van der Waals surface area contributed by atoms with Crippen molar-refractivity contribution in [2.24, 2.45) is 5.92 Å². The highest BCUT2D eigenvalue weighted by atomic mass is 32.1. The van der Waals surface area contributed by atoms with Gasteiger partial charge >= 0.3 is 0 Å². The maximum absolute atomic E-state index is 10.3. The minimum absolute atomic E-state index is 0.364. The zero-order valence-corrected chi connectivity index (χ0v) is 15.8. The van der Waals surface area contributed by atoms with E-state index in [9.17, 15) is 5.11 Å². The van der Waals surface area contributed by atoms with Crippen molar-refractivity contribution in [3.8, 4) is 0 Å². The monoisotopic (exact) mass is 359 g/mol. The van der Waals surface area contributed by atoms with Crippen LogP contribution < -0.4 is 5.32 Å². The largest absolute Gasteiger partial charge is 0.389 e. The van der Waals surface area contributed by atoms with E-state index in [1.807, 2.05) is 11.3 Å². The van der Waals surface area contributed by atoms with Crippen molar-refractivity contribution in [1.29, 1.82) is 0 Å². The van der Waals surface area contributed by atoms with Crippen LogP contribution in [0.25, 0.3) is 0 Å². The number of thiophene rings is 1. The lowest BCUT2D eigenvalue weighted by Crippen LogP contribution is -2.35. The van der Waals surface area contributed by atoms with E-state index in [1.165, 1.54) is 36.1 Å². The fraction of sp³-hybridized carbons (Fsp3) is 0.524. The Kier molecular flexibility index (Phi) is 7.05. The first-order valence-corrected chi connectivity index (χ1v) is 10.2. The molecular formula is C21H29NO2S. The molecule has 25 heavy (non-hydrogen) atoms. The number of benzene rings is 1. The molecular weight excluding hydrogens is 330 g/mol. The van der Waals surface area contributed by atoms with E-state index >= 15 is 0 Å². The van der Waals surface area contributed by atoms with Gasteiger partial charge in [0, 0.05) is 17.5 Å². The Labute approximate surface area is 155 Å². The second-order valence-corrected chi connectivity index (χ2v) is 8.08. The van der Waals surface area contributed by atoms with Gasteiger partial charge in [0.2, 0.25) is 0 Å². The van der Waals surface area contributed by atoms with Crippen LogP contribution in [0.2, 0.25) is 0 Å². The van der Waals surface area contributed by atoms with Crippen molar-refractivity contribution in [3.05, 3.63) is 57.8 Å². The molecule has 0 radical (unpaired) electrons. The molecule has 2 unspecified atom stereocenters. The van der Waals surface area contributed by atoms with Crippen LogP contribution in [0.15, 0.2) is 41.8 Å². The van der Waals surface area contributed by atoms with Gasteiger partial charge in [-0.25, -0.2) is 0 Å². The summed E-state index contributed by atoms with van der Waals surface area (Å²) in [5, 5.41) is 16.0. The zero-order chi connectivity index (χ0) is 17.5. The highest BCUT2D eigenvalue weighted by Gasteiger charge is 2.27. The van der Waals surface area contributed by atoms with E-state index in [2.05, 4.69) is 54.0 Å². The highest BCUT2D eigenvalue weighted by Crippen LogP contribution is 2.37. The lowest BCUT2D eigenvalue weighted by Gasteiger charge is -2.25. The fourth-order valence-corrected chi connectivity index (χ4v) is 4.47. The molecule has 1 aromatic carbocycles. The molecule has 1 heterocycles. The standard InChI is InChI=1S/C21H29NO2S/c1-16-8-10-17(11-9-16)14-24-15-19(23)13-22-21(18-5-2-3-6-18)20-7-4-12-25-20/h4,7-12,18-19,21-23H,2-3,5-6,13-15H2,1H3. The zero-order valence-electron chi connectivity index (χ0n) is 15.0. The molecule has 1 aliphatic rings. The third kappa shape index (κ3) is 5.65. The van der Waals surface area contributed by atoms with E-state index in [1.54, 1.807) is 0 Å². The summed E-state index contributed by atoms with van der Waals surface area (Å²) >= 11 is 1.81. The van der Waals surface area contributed by atoms with Crippen molar-refractivity contribution < 1.29 is 9.84 Å². The van der Waals surface area contributed by atoms with Crippen LogP contribution in [0, 0.1) is 12.8 Å². The first-order chi connectivity index (χ1) is 12.2. The predicted molar refractivity (Wildman–Crippen MR) is 104 cm³/mol. The highest BCUT2D eigenvalue weighted by molar-refractivity contribution is 7.10. The van der Waals surface area contributed by atoms with Crippen LogP contribution in [0.3, 0.4) is 0 Å². The number of hydrogen-bond acceptors (Lipinski definition) is 4. The molecule has 1 fully saturated rings. The summed E-state index contributed by atoms with van der Waals surface area (Å²) in [5.41, 5.74) is 2.40. The minimum atomic E-state index is -0.477. The summed E-state index contributed by atoms with van der Waals surface area (Å²) in [6, 6.07) is 13.0. The number of aliphatic hydroxyl groups excluding tert-OH is 1. The minimum Gasteiger partial charge on any atom is -0.389 e. The third-order valence-corrected chi connectivity index (χ3v) is 5.95. The van der Waals surface area contributed by atoms with Gasteiger partial charge in [-0.05, 0) is 42.7 Å². The predicted octanol–water partition coefficient (Wildman–Crippen LogP) is 4.46. The molecule has 3 nitrogen and oxygen atoms in total. The average Bonchev–Trinajstić information content (AvgIpc) is 3.31. The van der Waals surface area contributed by atoms with Crippen LogP contribution in [-0.2, 0) is 11.3 Å². The van der Waals surface area contributed by atoms with Crippen LogP contribution in [0.5, 0.6) is 0 Å². The maximum Gasteiger partial charge on any atom is 0.0898 e. The van der Waals surface area contributed by atoms with Gasteiger partial charge in [-0.3, -0.25) is 0 Å². The van der Waals surface area contributed by atoms with Crippen LogP contribution in [-0.4, -0.2) is 24.4 Å². The molecule has 0 spiro atoms. The molecule has 2 aromatic rings. The second-order valence-electron chi connectivity index (χ2n) is 7.10. The van der Waals surface area contributed by atoms with Gasteiger partial charge in [0.1, 0.15) is 0 Å². The van der Waals surface area contributed by atoms with Crippen molar-refractivity contribution in [3.63, 3.8) is 0 Å². The van der Waals surface area contributed by atoms with Crippen molar-refractivity contribution in [2.45, 2.75) is 51.4 Å². The van der Waals surface area contributed by atoms with E-state index in [0.717, 1.165) is 5.56 Å². The Balaban J connectivity index is 1.43. The first-order valence-electron chi connectivity index (χ1n) is 9.30. The van der Waals surface area contributed by atoms with Crippen LogP contribution >= 0.6 is 11.3 Å². The van der Waals surface area contributed by atoms with E-state index in [0.29, 0.717) is 31.7 Å². The topological polar surface area (TPSA) is 41.5 Å². The number of nitrogens with one attached hydrogen (secondary N) is 1. The summed E-state index contributed by atoms with van der Waals surface area (Å²) in [5.74, 6) is 0.694. The molecule has 0 saturated heterocycles. The number of hydrogen-bond donors (Lipinski definition) is 2. The van der Waals surface area contributed by atoms with Crippen molar-refractivity contribution in [2.75, 3.05) is 13.2 Å². The van der Waals surface area contributed by atoms with Crippen molar-refractivity contribution >= 4 is 11.3 Å². The van der Waals surface area contributed by atoms with Gasteiger partial charge < -0.3 is 15.2 Å². The Morgan fingerprint density at radius 2 is 1.96 bits per heavy atom. The summed E-state index contributed by atoms with van der Waals surface area (Å²) < 4.78 is 5.68. The van der Waals surface area contributed by atoms with Gasteiger partial charge in [-0.15, -0.1) is 11.3 Å². The third-order valence-electron chi connectivity index (χ3n) is 4.99. The SMILES string of the molecule is Cc1ccc(COCC(O)CNC(c2cccs2)C2CCCC2)cc1. The number of aliphatic hydroxyl groups is 1. The number of aryl methyl sites for hydroxylation is 1. The summed E-state index contributed by atoms with van der Waals surface area (Å²) in [6.45, 7) is 3.57. The second kappa shape index (κ2) is 9.48. The Bertz CT molecular complexity index is 605. The molecule has 0 bridgehead atoms. The smallest absolute Gasteiger partial charge is 0.0898 e. The molecule has 3 rings (SSSR count). The van der Waals surface area contributed by atoms with E-state index in [4.69, 9.17) is 4.74 Å². The summed E-state index contributed by atoms with van der Waals surface area (Å²) in [4.78, 5) is 1.39. The molecule has 0 aliphatic heterocycles. The molecule has 1 saturated carbocycles. The average molecular weight is 360 g/mol. The molecule has 2 atom stereocenters. The molecule has 0 amide bonds. The van der Waals surface area contributed by atoms with Gasteiger partial charge in [-0.1, -0.05) is 48.7 Å². The lowest BCUT2D eigenvalue weighted by molar-refractivity contribution is 0.0266. The molecule has 2 N–H and O–H groups in total. The number of ether oxygens (including phenoxy) is 1. The Morgan fingerprint density at radius 3 is 2.64 bits per heavy atom. The van der Waals surface area contributed by atoms with Crippen LogP contribution in [0.4, 0.5) is 0 Å². The lowest BCUT2D eigenvalue weighted by atomic mass is 9.96. The molecule has 136 valence electrons. The number of rotatable bonds is 9.